The van der Waals surface area contributed by atoms with Gasteiger partial charge in [0.15, 0.2) is 0 Å². The highest BCUT2D eigenvalue weighted by atomic mass is 15.2. The van der Waals surface area contributed by atoms with Crippen molar-refractivity contribution in [1.29, 1.82) is 0 Å². The smallest absolute Gasteiger partial charge is 0.235 e. The zero-order valence-electron chi connectivity index (χ0n) is 19.1. The molecule has 168 valence electrons. The second-order valence-corrected chi connectivity index (χ2v) is 8.89. The third-order valence-electron chi connectivity index (χ3n) is 6.93. The second kappa shape index (κ2) is 7.20. The molecule has 36 heavy (non-hydrogen) atoms. The normalized spacial score (nSPS) is 11.9. The van der Waals surface area contributed by atoms with Crippen molar-refractivity contribution in [3.05, 3.63) is 110 Å². The largest absolute Gasteiger partial charge is 0.309 e. The van der Waals surface area contributed by atoms with Gasteiger partial charge in [0.05, 0.1) is 34.5 Å². The van der Waals surface area contributed by atoms with Gasteiger partial charge in [0.2, 0.25) is 5.95 Å². The number of hydrogen-bond acceptors (Lipinski definition) is 4. The molecule has 0 N–H and O–H groups in total. The Morgan fingerprint density at radius 1 is 0.500 bits per heavy atom. The maximum Gasteiger partial charge on any atom is 0.235 e. The topological polar surface area (TPSA) is 61.4 Å². The monoisotopic (exact) mass is 462 g/mol. The fourth-order valence-corrected chi connectivity index (χ4v) is 5.38. The first-order valence-corrected chi connectivity index (χ1v) is 11.8. The Morgan fingerprint density at radius 2 is 1.14 bits per heavy atom. The van der Waals surface area contributed by atoms with E-state index in [1.807, 2.05) is 0 Å². The van der Waals surface area contributed by atoms with Gasteiger partial charge in [0.25, 0.3) is 0 Å². The van der Waals surface area contributed by atoms with Gasteiger partial charge >= 0.3 is 0 Å². The molecular weight excluding hydrogens is 444 g/mol. The molecule has 0 fully saturated rings. The van der Waals surface area contributed by atoms with Gasteiger partial charge in [-0.3, -0.25) is 4.57 Å². The van der Waals surface area contributed by atoms with E-state index < -0.39 is 0 Å². The van der Waals surface area contributed by atoms with E-state index in [1.165, 1.54) is 28.1 Å². The zero-order valence-corrected chi connectivity index (χ0v) is 19.1. The molecule has 0 bridgehead atoms. The Kier molecular flexibility index (Phi) is 3.85. The number of aromatic nitrogens is 6. The molecule has 0 saturated carbocycles. The Morgan fingerprint density at radius 3 is 1.89 bits per heavy atom. The summed E-state index contributed by atoms with van der Waals surface area (Å²) >= 11 is 0. The summed E-state index contributed by atoms with van der Waals surface area (Å²) in [6, 6.07) is 32.1. The lowest BCUT2D eigenvalue weighted by molar-refractivity contribution is 1.00. The van der Waals surface area contributed by atoms with Crippen LogP contribution in [0.2, 0.25) is 0 Å². The number of fused-ring (bicyclic) bond motifs is 7. The summed E-state index contributed by atoms with van der Waals surface area (Å²) < 4.78 is 4.49. The Labute approximate surface area is 205 Å². The van der Waals surface area contributed by atoms with Gasteiger partial charge < -0.3 is 4.57 Å². The average molecular weight is 463 g/mol. The van der Waals surface area contributed by atoms with Crippen molar-refractivity contribution in [3.63, 3.8) is 0 Å². The molecule has 4 aromatic heterocycles. The highest BCUT2D eigenvalue weighted by Gasteiger charge is 2.19. The molecule has 0 unspecified atom stereocenters. The molecule has 0 atom stereocenters. The van der Waals surface area contributed by atoms with Gasteiger partial charge in [-0.05, 0) is 36.4 Å². The number of para-hydroxylation sites is 3. The zero-order chi connectivity index (χ0) is 23.6. The SMILES string of the molecule is c1ccc(-n2c3ccccc3c3cc4c(cc32)c2ccccc2n4-c2ncc3ncncc3n2)cc1. The van der Waals surface area contributed by atoms with Crippen LogP contribution in [0, 0.1) is 0 Å². The summed E-state index contributed by atoms with van der Waals surface area (Å²) in [5.41, 5.74) is 7.07. The number of hydrogen-bond donors (Lipinski definition) is 0. The van der Waals surface area contributed by atoms with Crippen molar-refractivity contribution in [2.45, 2.75) is 0 Å². The highest BCUT2D eigenvalue weighted by molar-refractivity contribution is 6.18. The predicted octanol–water partition coefficient (Wildman–Crippen LogP) is 6.61. The summed E-state index contributed by atoms with van der Waals surface area (Å²) in [5, 5.41) is 4.72. The molecule has 6 heteroatoms. The van der Waals surface area contributed by atoms with Crippen LogP contribution in [0.4, 0.5) is 0 Å². The van der Waals surface area contributed by atoms with Crippen LogP contribution in [0.3, 0.4) is 0 Å². The van der Waals surface area contributed by atoms with E-state index in [-0.39, 0.29) is 0 Å². The molecule has 0 radical (unpaired) electrons. The highest BCUT2D eigenvalue weighted by Crippen LogP contribution is 2.39. The fourth-order valence-electron chi connectivity index (χ4n) is 5.38. The molecular formula is C30H18N6. The Hall–Kier alpha value is -5.10. The molecule has 8 aromatic rings. The van der Waals surface area contributed by atoms with Crippen molar-refractivity contribution in [2.75, 3.05) is 0 Å². The molecule has 6 nitrogen and oxygen atoms in total. The maximum absolute atomic E-state index is 4.83. The van der Waals surface area contributed by atoms with Crippen LogP contribution < -0.4 is 0 Å². The molecule has 0 amide bonds. The van der Waals surface area contributed by atoms with Crippen molar-refractivity contribution in [1.82, 2.24) is 29.1 Å². The Bertz CT molecular complexity index is 2100. The van der Waals surface area contributed by atoms with Crippen LogP contribution in [-0.2, 0) is 0 Å². The van der Waals surface area contributed by atoms with Crippen molar-refractivity contribution in [3.8, 4) is 11.6 Å². The quantitative estimate of drug-likeness (QED) is 0.290. The number of rotatable bonds is 2. The van der Waals surface area contributed by atoms with E-state index in [2.05, 4.69) is 110 Å². The predicted molar refractivity (Wildman–Crippen MR) is 144 cm³/mol. The first-order valence-electron chi connectivity index (χ1n) is 11.8. The van der Waals surface area contributed by atoms with Gasteiger partial charge in [0, 0.05) is 27.2 Å². The van der Waals surface area contributed by atoms with Gasteiger partial charge in [-0.1, -0.05) is 54.6 Å². The van der Waals surface area contributed by atoms with Crippen LogP contribution in [0.1, 0.15) is 0 Å². The van der Waals surface area contributed by atoms with E-state index in [4.69, 9.17) is 9.97 Å². The first-order chi connectivity index (χ1) is 17.9. The Balaban J connectivity index is 1.54. The molecule has 8 rings (SSSR count). The molecule has 0 aliphatic rings. The minimum atomic E-state index is 0.606. The minimum Gasteiger partial charge on any atom is -0.309 e. The summed E-state index contributed by atoms with van der Waals surface area (Å²) in [5.74, 6) is 0.606. The van der Waals surface area contributed by atoms with Crippen molar-refractivity contribution < 1.29 is 0 Å². The van der Waals surface area contributed by atoms with Crippen molar-refractivity contribution in [2.24, 2.45) is 0 Å². The fraction of sp³-hybridized carbons (Fsp3) is 0. The van der Waals surface area contributed by atoms with E-state index in [1.54, 1.807) is 12.4 Å². The van der Waals surface area contributed by atoms with Crippen LogP contribution in [0.5, 0.6) is 0 Å². The molecule has 0 aliphatic carbocycles. The molecule has 0 saturated heterocycles. The van der Waals surface area contributed by atoms with Gasteiger partial charge in [-0.25, -0.2) is 19.9 Å². The van der Waals surface area contributed by atoms with Gasteiger partial charge in [0.1, 0.15) is 17.4 Å². The summed E-state index contributed by atoms with van der Waals surface area (Å²) in [6.45, 7) is 0. The third kappa shape index (κ3) is 2.61. The maximum atomic E-state index is 4.83. The number of nitrogens with zero attached hydrogens (tertiary/aromatic N) is 6. The van der Waals surface area contributed by atoms with Gasteiger partial charge in [-0.15, -0.1) is 0 Å². The lowest BCUT2D eigenvalue weighted by atomic mass is 10.1. The lowest BCUT2D eigenvalue weighted by Gasteiger charge is -2.08. The van der Waals surface area contributed by atoms with Crippen LogP contribution >= 0.6 is 0 Å². The average Bonchev–Trinajstić information content (AvgIpc) is 3.44. The van der Waals surface area contributed by atoms with E-state index in [9.17, 15) is 0 Å². The van der Waals surface area contributed by atoms with E-state index >= 15 is 0 Å². The number of benzene rings is 4. The summed E-state index contributed by atoms with van der Waals surface area (Å²) in [7, 11) is 0. The van der Waals surface area contributed by atoms with Gasteiger partial charge in [-0.2, -0.15) is 0 Å². The molecule has 4 heterocycles. The first kappa shape index (κ1) is 19.2. The van der Waals surface area contributed by atoms with Crippen molar-refractivity contribution >= 4 is 54.6 Å². The molecule has 0 spiro atoms. The van der Waals surface area contributed by atoms with Crippen LogP contribution in [0.15, 0.2) is 110 Å². The standard InChI is InChI=1S/C30H18N6/c1-2-8-19(9-3-1)35-26-12-6-4-10-20(26)22-15-29-23(14-28(22)35)21-11-5-7-13-27(21)36(29)30-32-17-24-25(34-30)16-31-18-33-24/h1-18H. The summed E-state index contributed by atoms with van der Waals surface area (Å²) in [6.07, 6.45) is 5.01. The lowest BCUT2D eigenvalue weighted by Crippen LogP contribution is -2.01. The molecule has 0 aliphatic heterocycles. The summed E-state index contributed by atoms with van der Waals surface area (Å²) in [4.78, 5) is 18.0. The van der Waals surface area contributed by atoms with Crippen LogP contribution in [-0.4, -0.2) is 29.1 Å². The molecule has 4 aromatic carbocycles. The van der Waals surface area contributed by atoms with Crippen LogP contribution in [0.25, 0.3) is 66.3 Å². The third-order valence-corrected chi connectivity index (χ3v) is 6.93. The van der Waals surface area contributed by atoms with E-state index in [0.29, 0.717) is 5.95 Å². The minimum absolute atomic E-state index is 0.606. The van der Waals surface area contributed by atoms with E-state index in [0.717, 1.165) is 38.5 Å². The second-order valence-electron chi connectivity index (χ2n) is 8.89.